The van der Waals surface area contributed by atoms with E-state index in [0.717, 1.165) is 19.3 Å². The number of hydrogen-bond acceptors (Lipinski definition) is 5. The topological polar surface area (TPSA) is 72.8 Å². The highest BCUT2D eigenvalue weighted by atomic mass is 16.7. The van der Waals surface area contributed by atoms with E-state index in [1.54, 1.807) is 13.8 Å². The van der Waals surface area contributed by atoms with Crippen molar-refractivity contribution in [3.8, 4) is 0 Å². The molecule has 5 heteroatoms. The Morgan fingerprint density at radius 1 is 0.750 bits per heavy atom. The van der Waals surface area contributed by atoms with Crippen LogP contribution >= 0.6 is 0 Å². The maximum atomic E-state index is 12.0. The van der Waals surface area contributed by atoms with Crippen LogP contribution in [0.15, 0.2) is 11.3 Å². The maximum Gasteiger partial charge on any atom is 0.352 e. The molecule has 1 saturated heterocycles. The summed E-state index contributed by atoms with van der Waals surface area (Å²) in [6.07, 6.45) is 16.8. The monoisotopic (exact) mass is 396 g/mol. The number of carbonyl (C=O) groups excluding carboxylic acids is 2. The molecule has 162 valence electrons. The average Bonchev–Trinajstić information content (AvgIpc) is 2.64. The molecule has 1 heterocycles. The number of rotatable bonds is 15. The second-order valence-corrected chi connectivity index (χ2v) is 8.08. The molecular formula is C23H40O5. The zero-order valence-electron chi connectivity index (χ0n) is 18.2. The first-order chi connectivity index (χ1) is 13.4. The summed E-state index contributed by atoms with van der Waals surface area (Å²) in [6, 6.07) is 0. The second kappa shape index (κ2) is 13.6. The highest BCUT2D eigenvalue weighted by molar-refractivity contribution is 6.15. The van der Waals surface area contributed by atoms with Crippen LogP contribution in [0.5, 0.6) is 0 Å². The van der Waals surface area contributed by atoms with Gasteiger partial charge in [-0.25, -0.2) is 9.59 Å². The van der Waals surface area contributed by atoms with E-state index < -0.39 is 17.7 Å². The number of unbranched alkanes of at least 4 members (excludes halogenated alkanes) is 12. The first-order valence-electron chi connectivity index (χ1n) is 11.3. The summed E-state index contributed by atoms with van der Waals surface area (Å²) in [7, 11) is 0. The van der Waals surface area contributed by atoms with E-state index in [2.05, 4.69) is 6.92 Å². The molecule has 5 nitrogen and oxygen atoms in total. The molecule has 1 aliphatic heterocycles. The Morgan fingerprint density at radius 3 is 1.54 bits per heavy atom. The summed E-state index contributed by atoms with van der Waals surface area (Å²) in [4.78, 5) is 24.0. The van der Waals surface area contributed by atoms with Crippen molar-refractivity contribution < 1.29 is 24.2 Å². The number of cyclic esters (lactones) is 2. The largest absolute Gasteiger partial charge is 0.511 e. The Morgan fingerprint density at radius 2 is 1.14 bits per heavy atom. The van der Waals surface area contributed by atoms with Gasteiger partial charge in [-0.05, 0) is 6.42 Å². The highest BCUT2D eigenvalue weighted by Gasteiger charge is 2.42. The lowest BCUT2D eigenvalue weighted by molar-refractivity contribution is -0.230. The molecule has 0 saturated carbocycles. The summed E-state index contributed by atoms with van der Waals surface area (Å²) in [5, 5.41) is 10.1. The van der Waals surface area contributed by atoms with E-state index in [9.17, 15) is 14.7 Å². The molecule has 1 N–H and O–H groups in total. The van der Waals surface area contributed by atoms with Crippen molar-refractivity contribution in [2.24, 2.45) is 0 Å². The van der Waals surface area contributed by atoms with Gasteiger partial charge in [-0.1, -0.05) is 90.9 Å². The minimum atomic E-state index is -1.23. The van der Waals surface area contributed by atoms with Gasteiger partial charge in [0.1, 0.15) is 5.76 Å². The minimum absolute atomic E-state index is 0.212. The molecule has 0 radical (unpaired) electrons. The van der Waals surface area contributed by atoms with Crippen LogP contribution in [0.1, 0.15) is 117 Å². The molecule has 1 rings (SSSR count). The molecule has 0 spiro atoms. The Labute approximate surface area is 170 Å². The second-order valence-electron chi connectivity index (χ2n) is 8.08. The number of allylic oxidation sites excluding steroid dienone is 1. The zero-order chi connectivity index (χ0) is 20.8. The first kappa shape index (κ1) is 24.5. The zero-order valence-corrected chi connectivity index (χ0v) is 18.2. The van der Waals surface area contributed by atoms with Crippen molar-refractivity contribution in [3.63, 3.8) is 0 Å². The van der Waals surface area contributed by atoms with Crippen molar-refractivity contribution in [2.45, 2.75) is 123 Å². The lowest BCUT2D eigenvalue weighted by atomic mass is 10.0. The van der Waals surface area contributed by atoms with E-state index in [1.165, 1.54) is 64.2 Å². The van der Waals surface area contributed by atoms with Gasteiger partial charge in [0.25, 0.3) is 5.79 Å². The van der Waals surface area contributed by atoms with Crippen molar-refractivity contribution in [1.29, 1.82) is 0 Å². The van der Waals surface area contributed by atoms with Crippen molar-refractivity contribution in [3.05, 3.63) is 11.3 Å². The molecule has 0 aliphatic carbocycles. The molecule has 0 atom stereocenters. The number of hydrogen-bond donors (Lipinski definition) is 1. The van der Waals surface area contributed by atoms with Crippen LogP contribution in [0.3, 0.4) is 0 Å². The lowest BCUT2D eigenvalue weighted by Gasteiger charge is -2.32. The fraction of sp³-hybridized carbons (Fsp3) is 0.826. The van der Waals surface area contributed by atoms with Gasteiger partial charge in [-0.15, -0.1) is 0 Å². The maximum absolute atomic E-state index is 12.0. The molecule has 1 aliphatic rings. The van der Waals surface area contributed by atoms with E-state index in [4.69, 9.17) is 9.47 Å². The summed E-state index contributed by atoms with van der Waals surface area (Å²) >= 11 is 0. The third-order valence-corrected chi connectivity index (χ3v) is 5.47. The summed E-state index contributed by atoms with van der Waals surface area (Å²) < 4.78 is 10.3. The van der Waals surface area contributed by atoms with Gasteiger partial charge in [-0.3, -0.25) is 0 Å². The van der Waals surface area contributed by atoms with Crippen LogP contribution < -0.4 is 0 Å². The van der Waals surface area contributed by atoms with Crippen LogP contribution in [-0.2, 0) is 19.1 Å². The smallest absolute Gasteiger partial charge is 0.352 e. The number of aliphatic hydroxyl groups excluding tert-OH is 1. The third kappa shape index (κ3) is 9.11. The van der Waals surface area contributed by atoms with Crippen LogP contribution in [-0.4, -0.2) is 22.8 Å². The Kier molecular flexibility index (Phi) is 11.9. The summed E-state index contributed by atoms with van der Waals surface area (Å²) in [5.41, 5.74) is -0.343. The van der Waals surface area contributed by atoms with Gasteiger partial charge in [0.15, 0.2) is 5.57 Å². The Hall–Kier alpha value is -1.52. The Bertz CT molecular complexity index is 489. The minimum Gasteiger partial charge on any atom is -0.511 e. The predicted molar refractivity (Wildman–Crippen MR) is 111 cm³/mol. The molecule has 28 heavy (non-hydrogen) atoms. The number of carbonyl (C=O) groups is 2. The van der Waals surface area contributed by atoms with Gasteiger partial charge >= 0.3 is 11.9 Å². The van der Waals surface area contributed by atoms with Gasteiger partial charge in [0.05, 0.1) is 0 Å². The molecule has 0 bridgehead atoms. The van der Waals surface area contributed by atoms with Crippen molar-refractivity contribution in [1.82, 2.24) is 0 Å². The van der Waals surface area contributed by atoms with Crippen LogP contribution in [0, 0.1) is 0 Å². The van der Waals surface area contributed by atoms with E-state index in [-0.39, 0.29) is 11.3 Å². The van der Waals surface area contributed by atoms with Gasteiger partial charge < -0.3 is 14.6 Å². The summed E-state index contributed by atoms with van der Waals surface area (Å²) in [6.45, 7) is 5.56. The van der Waals surface area contributed by atoms with Gasteiger partial charge in [0.2, 0.25) is 0 Å². The molecule has 0 aromatic carbocycles. The van der Waals surface area contributed by atoms with Crippen molar-refractivity contribution >= 4 is 11.9 Å². The number of aliphatic hydroxyl groups is 1. The SMILES string of the molecule is CCCCCCCCCCCCCCCC(O)=C1C(=O)OC(C)(CC)OC1=O. The fourth-order valence-corrected chi connectivity index (χ4v) is 3.41. The van der Waals surface area contributed by atoms with Crippen LogP contribution in [0.2, 0.25) is 0 Å². The van der Waals surface area contributed by atoms with E-state index in [1.807, 2.05) is 0 Å². The summed E-state index contributed by atoms with van der Waals surface area (Å²) in [5.74, 6) is -3.01. The Balaban J connectivity index is 2.10. The number of ether oxygens (including phenoxy) is 2. The molecule has 0 amide bonds. The normalized spacial score (nSPS) is 19.5. The predicted octanol–water partition coefficient (Wildman–Crippen LogP) is 6.51. The quantitative estimate of drug-likeness (QED) is 0.112. The van der Waals surface area contributed by atoms with E-state index in [0.29, 0.717) is 12.8 Å². The van der Waals surface area contributed by atoms with Gasteiger partial charge in [-0.2, -0.15) is 0 Å². The third-order valence-electron chi connectivity index (χ3n) is 5.47. The lowest BCUT2D eigenvalue weighted by Crippen LogP contribution is -2.44. The molecule has 0 aromatic heterocycles. The molecule has 0 unspecified atom stereocenters. The van der Waals surface area contributed by atoms with Crippen LogP contribution in [0.25, 0.3) is 0 Å². The molecule has 1 fully saturated rings. The highest BCUT2D eigenvalue weighted by Crippen LogP contribution is 2.28. The van der Waals surface area contributed by atoms with Gasteiger partial charge in [0, 0.05) is 19.8 Å². The molecule has 0 aromatic rings. The number of esters is 2. The average molecular weight is 397 g/mol. The van der Waals surface area contributed by atoms with Crippen LogP contribution in [0.4, 0.5) is 0 Å². The first-order valence-corrected chi connectivity index (χ1v) is 11.3. The standard InChI is InChI=1S/C23H40O5/c1-4-6-7-8-9-10-11-12-13-14-15-16-17-18-19(24)20-21(25)27-23(3,5-2)28-22(20)26/h24H,4-18H2,1-3H3. The molecular weight excluding hydrogens is 356 g/mol. The van der Waals surface area contributed by atoms with E-state index >= 15 is 0 Å². The fourth-order valence-electron chi connectivity index (χ4n) is 3.41. The van der Waals surface area contributed by atoms with Crippen molar-refractivity contribution in [2.75, 3.05) is 0 Å².